The van der Waals surface area contributed by atoms with Crippen LogP contribution in [0.3, 0.4) is 0 Å². The second-order valence-electron chi connectivity index (χ2n) is 3.70. The monoisotopic (exact) mass is 186 g/mol. The van der Waals surface area contributed by atoms with E-state index in [0.29, 0.717) is 5.92 Å². The highest BCUT2D eigenvalue weighted by Crippen LogP contribution is 1.96. The lowest BCUT2D eigenvalue weighted by Crippen LogP contribution is -2.29. The summed E-state index contributed by atoms with van der Waals surface area (Å²) in [6, 6.07) is 0. The fourth-order valence-corrected chi connectivity index (χ4v) is 1.24. The van der Waals surface area contributed by atoms with Crippen molar-refractivity contribution in [3.05, 3.63) is 0 Å². The number of amides is 1. The molecule has 0 spiro atoms. The number of hydrogen-bond donors (Lipinski definition) is 1. The van der Waals surface area contributed by atoms with Gasteiger partial charge in [-0.2, -0.15) is 0 Å². The van der Waals surface area contributed by atoms with Gasteiger partial charge >= 0.3 is 0 Å². The van der Waals surface area contributed by atoms with Crippen LogP contribution in [0.2, 0.25) is 0 Å². The molecule has 0 aromatic rings. The Balaban J connectivity index is 3.42. The SMILES string of the molecule is CCNCCCN(C=O)CC(C)C. The quantitative estimate of drug-likeness (QED) is 0.455. The number of rotatable bonds is 8. The van der Waals surface area contributed by atoms with E-state index in [9.17, 15) is 4.79 Å². The predicted octanol–water partition coefficient (Wildman–Crippen LogP) is 1.10. The summed E-state index contributed by atoms with van der Waals surface area (Å²) in [4.78, 5) is 12.5. The zero-order valence-corrected chi connectivity index (χ0v) is 9.05. The molecule has 0 aromatic heterocycles. The molecule has 78 valence electrons. The molecule has 0 fully saturated rings. The zero-order valence-electron chi connectivity index (χ0n) is 9.05. The summed E-state index contributed by atoms with van der Waals surface area (Å²) in [6.07, 6.45) is 1.99. The summed E-state index contributed by atoms with van der Waals surface area (Å²) >= 11 is 0. The topological polar surface area (TPSA) is 32.3 Å². The van der Waals surface area contributed by atoms with Crippen LogP contribution in [0.5, 0.6) is 0 Å². The van der Waals surface area contributed by atoms with E-state index in [1.807, 2.05) is 4.90 Å². The minimum absolute atomic E-state index is 0.560. The second-order valence-corrected chi connectivity index (χ2v) is 3.70. The Hall–Kier alpha value is -0.570. The van der Waals surface area contributed by atoms with Gasteiger partial charge in [0.1, 0.15) is 0 Å². The Morgan fingerprint density at radius 1 is 1.46 bits per heavy atom. The van der Waals surface area contributed by atoms with Gasteiger partial charge in [-0.15, -0.1) is 0 Å². The van der Waals surface area contributed by atoms with Crippen LogP contribution in [-0.2, 0) is 4.79 Å². The first kappa shape index (κ1) is 12.4. The van der Waals surface area contributed by atoms with E-state index in [4.69, 9.17) is 0 Å². The lowest BCUT2D eigenvalue weighted by atomic mass is 10.2. The van der Waals surface area contributed by atoms with E-state index in [2.05, 4.69) is 26.1 Å². The van der Waals surface area contributed by atoms with Gasteiger partial charge in [-0.1, -0.05) is 20.8 Å². The van der Waals surface area contributed by atoms with Crippen molar-refractivity contribution >= 4 is 6.41 Å². The van der Waals surface area contributed by atoms with Crippen molar-refractivity contribution in [3.8, 4) is 0 Å². The first-order chi connectivity index (χ1) is 6.20. The van der Waals surface area contributed by atoms with Gasteiger partial charge in [0.25, 0.3) is 0 Å². The molecule has 3 nitrogen and oxygen atoms in total. The highest BCUT2D eigenvalue weighted by Gasteiger charge is 2.02. The molecule has 0 rings (SSSR count). The first-order valence-corrected chi connectivity index (χ1v) is 5.10. The summed E-state index contributed by atoms with van der Waals surface area (Å²) < 4.78 is 0. The molecule has 0 radical (unpaired) electrons. The molecule has 0 saturated carbocycles. The standard InChI is InChI=1S/C10H22N2O/c1-4-11-6-5-7-12(9-13)8-10(2)3/h9-11H,4-8H2,1-3H3. The van der Waals surface area contributed by atoms with Crippen molar-refractivity contribution in [2.24, 2.45) is 5.92 Å². The molecule has 0 unspecified atom stereocenters. The molecule has 0 aliphatic heterocycles. The normalized spacial score (nSPS) is 10.5. The smallest absolute Gasteiger partial charge is 0.209 e. The van der Waals surface area contributed by atoms with Gasteiger partial charge in [0.05, 0.1) is 0 Å². The summed E-state index contributed by atoms with van der Waals surface area (Å²) in [6.45, 7) is 10.1. The fraction of sp³-hybridized carbons (Fsp3) is 0.900. The maximum Gasteiger partial charge on any atom is 0.209 e. The number of nitrogens with one attached hydrogen (secondary N) is 1. The van der Waals surface area contributed by atoms with Crippen LogP contribution in [0.25, 0.3) is 0 Å². The molecular formula is C10H22N2O. The predicted molar refractivity (Wildman–Crippen MR) is 55.6 cm³/mol. The summed E-state index contributed by atoms with van der Waals surface area (Å²) in [5, 5.41) is 3.24. The molecule has 0 atom stereocenters. The summed E-state index contributed by atoms with van der Waals surface area (Å²) in [5.41, 5.74) is 0. The highest BCUT2D eigenvalue weighted by atomic mass is 16.1. The number of carbonyl (C=O) groups excluding carboxylic acids is 1. The van der Waals surface area contributed by atoms with Crippen molar-refractivity contribution in [1.82, 2.24) is 10.2 Å². The molecule has 1 N–H and O–H groups in total. The molecule has 0 aliphatic carbocycles. The van der Waals surface area contributed by atoms with Gasteiger partial charge in [-0.3, -0.25) is 4.79 Å². The van der Waals surface area contributed by atoms with E-state index < -0.39 is 0 Å². The Labute approximate surface area is 81.5 Å². The molecule has 0 aromatic carbocycles. The largest absolute Gasteiger partial charge is 0.345 e. The number of carbonyl (C=O) groups is 1. The average Bonchev–Trinajstić information content (AvgIpc) is 2.09. The third kappa shape index (κ3) is 7.78. The second kappa shape index (κ2) is 8.05. The van der Waals surface area contributed by atoms with Crippen molar-refractivity contribution in [1.29, 1.82) is 0 Å². The number of nitrogens with zero attached hydrogens (tertiary/aromatic N) is 1. The molecule has 0 aliphatic rings. The molecule has 0 saturated heterocycles. The Bertz CT molecular complexity index is 126. The van der Waals surface area contributed by atoms with E-state index in [1.54, 1.807) is 0 Å². The Morgan fingerprint density at radius 3 is 2.62 bits per heavy atom. The number of hydrogen-bond acceptors (Lipinski definition) is 2. The molecular weight excluding hydrogens is 164 g/mol. The van der Waals surface area contributed by atoms with Crippen molar-refractivity contribution < 1.29 is 4.79 Å². The van der Waals surface area contributed by atoms with Crippen LogP contribution in [0.15, 0.2) is 0 Å². The van der Waals surface area contributed by atoms with E-state index >= 15 is 0 Å². The van der Waals surface area contributed by atoms with Crippen LogP contribution in [0.4, 0.5) is 0 Å². The van der Waals surface area contributed by atoms with Crippen molar-refractivity contribution in [2.45, 2.75) is 27.2 Å². The zero-order chi connectivity index (χ0) is 10.1. The van der Waals surface area contributed by atoms with Gasteiger partial charge in [-0.05, 0) is 25.4 Å². The van der Waals surface area contributed by atoms with Crippen LogP contribution in [-0.4, -0.2) is 37.5 Å². The molecule has 0 heterocycles. The van der Waals surface area contributed by atoms with Gasteiger partial charge in [0, 0.05) is 13.1 Å². The Morgan fingerprint density at radius 2 is 2.15 bits per heavy atom. The third-order valence-corrected chi connectivity index (χ3v) is 1.80. The van der Waals surface area contributed by atoms with Gasteiger partial charge in [0.2, 0.25) is 6.41 Å². The molecule has 3 heteroatoms. The Kier molecular flexibility index (Phi) is 7.69. The van der Waals surface area contributed by atoms with Crippen LogP contribution < -0.4 is 5.32 Å². The highest BCUT2D eigenvalue weighted by molar-refractivity contribution is 5.46. The van der Waals surface area contributed by atoms with Crippen LogP contribution in [0, 0.1) is 5.92 Å². The van der Waals surface area contributed by atoms with E-state index in [-0.39, 0.29) is 0 Å². The van der Waals surface area contributed by atoms with Crippen LogP contribution in [0.1, 0.15) is 27.2 Å². The summed E-state index contributed by atoms with van der Waals surface area (Å²) in [5.74, 6) is 0.560. The van der Waals surface area contributed by atoms with E-state index in [0.717, 1.165) is 39.0 Å². The fourth-order valence-electron chi connectivity index (χ4n) is 1.24. The van der Waals surface area contributed by atoms with Gasteiger partial charge in [0.15, 0.2) is 0 Å². The van der Waals surface area contributed by atoms with Crippen LogP contribution >= 0.6 is 0 Å². The molecule has 13 heavy (non-hydrogen) atoms. The lowest BCUT2D eigenvalue weighted by Gasteiger charge is -2.19. The first-order valence-electron chi connectivity index (χ1n) is 5.10. The van der Waals surface area contributed by atoms with Gasteiger partial charge < -0.3 is 10.2 Å². The molecule has 1 amide bonds. The van der Waals surface area contributed by atoms with E-state index in [1.165, 1.54) is 0 Å². The molecule has 0 bridgehead atoms. The summed E-state index contributed by atoms with van der Waals surface area (Å²) in [7, 11) is 0. The lowest BCUT2D eigenvalue weighted by molar-refractivity contribution is -0.118. The third-order valence-electron chi connectivity index (χ3n) is 1.80. The van der Waals surface area contributed by atoms with Crippen molar-refractivity contribution in [3.63, 3.8) is 0 Å². The maximum absolute atomic E-state index is 10.6. The minimum atomic E-state index is 0.560. The maximum atomic E-state index is 10.6. The van der Waals surface area contributed by atoms with Crippen molar-refractivity contribution in [2.75, 3.05) is 26.2 Å². The average molecular weight is 186 g/mol. The minimum Gasteiger partial charge on any atom is -0.345 e. The van der Waals surface area contributed by atoms with Gasteiger partial charge in [-0.25, -0.2) is 0 Å².